The molecule has 2 spiro atoms. The highest BCUT2D eigenvalue weighted by Crippen LogP contribution is 2.79. The van der Waals surface area contributed by atoms with Gasteiger partial charge >= 0.3 is 5.97 Å². The lowest BCUT2D eigenvalue weighted by Gasteiger charge is -2.35. The molecule has 2 saturated heterocycles. The Morgan fingerprint density at radius 3 is 1.59 bits per heavy atom. The summed E-state index contributed by atoms with van der Waals surface area (Å²) >= 11 is 0. The van der Waals surface area contributed by atoms with Crippen molar-refractivity contribution in [2.75, 3.05) is 19.7 Å². The number of aliphatic hydroxyl groups excluding tert-OH is 1. The molecule has 2 aliphatic heterocycles. The van der Waals surface area contributed by atoms with Crippen molar-refractivity contribution >= 4 is 17.8 Å². The molecule has 7 heteroatoms. The number of nitrogens with zero attached hydrogens (tertiary/aromatic N) is 2. The zero-order valence-electron chi connectivity index (χ0n) is 24.1. The van der Waals surface area contributed by atoms with Gasteiger partial charge in [0.15, 0.2) is 0 Å². The molecule has 0 aromatic heterocycles. The van der Waals surface area contributed by atoms with Crippen LogP contribution in [0.4, 0.5) is 0 Å². The Morgan fingerprint density at radius 1 is 0.784 bits per heavy atom. The lowest BCUT2D eigenvalue weighted by atomic mass is 9.81. The van der Waals surface area contributed by atoms with E-state index in [2.05, 4.69) is 20.8 Å². The highest BCUT2D eigenvalue weighted by Gasteiger charge is 2.79. The quantitative estimate of drug-likeness (QED) is 0.591. The summed E-state index contributed by atoms with van der Waals surface area (Å²) < 4.78 is 0. The summed E-state index contributed by atoms with van der Waals surface area (Å²) in [5, 5.41) is 19.1. The summed E-state index contributed by atoms with van der Waals surface area (Å²) in [7, 11) is 0. The van der Waals surface area contributed by atoms with Crippen LogP contribution in [0.1, 0.15) is 81.1 Å². The van der Waals surface area contributed by atoms with Gasteiger partial charge in [0.25, 0.3) is 0 Å². The largest absolute Gasteiger partial charge is 0.480 e. The molecule has 37 heavy (non-hydrogen) atoms. The van der Waals surface area contributed by atoms with E-state index in [-0.39, 0.29) is 53.0 Å². The molecule has 4 saturated carbocycles. The van der Waals surface area contributed by atoms with Gasteiger partial charge in [0.1, 0.15) is 6.04 Å². The van der Waals surface area contributed by atoms with Gasteiger partial charge in [0.2, 0.25) is 11.8 Å². The predicted octanol–water partition coefficient (Wildman–Crippen LogP) is 3.89. The summed E-state index contributed by atoms with van der Waals surface area (Å²) in [6, 6.07) is -0.459. The fourth-order valence-electron chi connectivity index (χ4n) is 7.98. The first kappa shape index (κ1) is 27.0. The maximum Gasteiger partial charge on any atom is 0.326 e. The Balaban J connectivity index is 0.000000152. The molecule has 6 fully saturated rings. The molecule has 8 atom stereocenters. The maximum atomic E-state index is 12.6. The first-order chi connectivity index (χ1) is 17.0. The van der Waals surface area contributed by atoms with Crippen LogP contribution in [0.15, 0.2) is 0 Å². The van der Waals surface area contributed by atoms with Crippen LogP contribution in [-0.2, 0) is 14.4 Å². The Labute approximate surface area is 222 Å². The highest BCUT2D eigenvalue weighted by molar-refractivity contribution is 5.87. The number of amides is 2. The monoisotopic (exact) mass is 516 g/mol. The van der Waals surface area contributed by atoms with E-state index in [1.54, 1.807) is 4.90 Å². The number of likely N-dealkylation sites (tertiary alicyclic amines) is 2. The molecule has 6 rings (SSSR count). The number of rotatable bonds is 4. The van der Waals surface area contributed by atoms with Crippen molar-refractivity contribution in [3.8, 4) is 0 Å². The molecule has 7 nitrogen and oxygen atoms in total. The molecule has 0 aromatic carbocycles. The van der Waals surface area contributed by atoms with Crippen LogP contribution in [0.5, 0.6) is 0 Å². The topological polar surface area (TPSA) is 98.2 Å². The van der Waals surface area contributed by atoms with E-state index in [9.17, 15) is 24.6 Å². The first-order valence-corrected chi connectivity index (χ1v) is 14.5. The van der Waals surface area contributed by atoms with Crippen LogP contribution in [0, 0.1) is 57.2 Å². The Bertz CT molecular complexity index is 985. The van der Waals surface area contributed by atoms with Crippen LogP contribution in [0.25, 0.3) is 0 Å². The summed E-state index contributed by atoms with van der Waals surface area (Å²) in [6.45, 7) is 18.1. The van der Waals surface area contributed by atoms with E-state index in [1.807, 2.05) is 39.5 Å². The van der Waals surface area contributed by atoms with Crippen LogP contribution in [0.2, 0.25) is 0 Å². The fraction of sp³-hybridized carbons (Fsp3) is 0.900. The third kappa shape index (κ3) is 4.04. The van der Waals surface area contributed by atoms with Crippen molar-refractivity contribution in [2.24, 2.45) is 57.2 Å². The van der Waals surface area contributed by atoms with Gasteiger partial charge < -0.3 is 20.0 Å². The average Bonchev–Trinajstić information content (AvgIpc) is 3.79. The zero-order chi connectivity index (χ0) is 27.5. The molecular weight excluding hydrogens is 468 g/mol. The number of carbonyl (C=O) groups is 3. The maximum absolute atomic E-state index is 12.6. The molecule has 0 aromatic rings. The number of carboxylic acids is 1. The van der Waals surface area contributed by atoms with Gasteiger partial charge in [-0.3, -0.25) is 9.59 Å². The Kier molecular flexibility index (Phi) is 5.97. The van der Waals surface area contributed by atoms with E-state index in [0.29, 0.717) is 35.1 Å². The van der Waals surface area contributed by atoms with Crippen molar-refractivity contribution in [3.05, 3.63) is 0 Å². The fourth-order valence-corrected chi connectivity index (χ4v) is 7.98. The van der Waals surface area contributed by atoms with Gasteiger partial charge in [-0.25, -0.2) is 4.79 Å². The minimum absolute atomic E-state index is 0.00113. The second-order valence-electron chi connectivity index (χ2n) is 15.4. The summed E-state index contributed by atoms with van der Waals surface area (Å²) in [4.78, 5) is 40.3. The van der Waals surface area contributed by atoms with Crippen LogP contribution in [0.3, 0.4) is 0 Å². The molecule has 0 bridgehead atoms. The van der Waals surface area contributed by atoms with Crippen molar-refractivity contribution in [1.29, 1.82) is 0 Å². The molecule has 3 unspecified atom stereocenters. The lowest BCUT2D eigenvalue weighted by molar-refractivity contribution is -0.153. The molecule has 2 amide bonds. The standard InChI is InChI=1S/C15H23NO3.C15H25NO2/c1-8(14(2,3)4)12(17)16-7-9-10(11(16)13(18)19)15(9)5-6-15;1-9(14(2,3)4)13(18)16-7-10-12(11(16)8-17)15(10)5-6-15/h8-11H,5-7H2,1-4H3,(H,18,19);9-12,17H,5-8H2,1-4H3/t8-,9?,10+,11?;9-,10?,11-,12+/m11/s1. The molecule has 0 radical (unpaired) electrons. The number of hydrogen-bond donors (Lipinski definition) is 2. The van der Waals surface area contributed by atoms with E-state index in [0.717, 1.165) is 6.54 Å². The molecule has 4 aliphatic carbocycles. The smallest absolute Gasteiger partial charge is 0.326 e. The number of hydrogen-bond acceptors (Lipinski definition) is 4. The number of piperidine rings is 2. The number of aliphatic carboxylic acids is 1. The van der Waals surface area contributed by atoms with E-state index in [4.69, 9.17) is 0 Å². The summed E-state index contributed by atoms with van der Waals surface area (Å²) in [5.74, 6) is 1.34. The van der Waals surface area contributed by atoms with E-state index in [1.165, 1.54) is 25.7 Å². The average molecular weight is 517 g/mol. The highest BCUT2D eigenvalue weighted by atomic mass is 16.4. The third-order valence-corrected chi connectivity index (χ3v) is 11.7. The minimum Gasteiger partial charge on any atom is -0.480 e. The predicted molar refractivity (Wildman–Crippen MR) is 140 cm³/mol. The number of aliphatic hydroxyl groups is 1. The molecule has 2 N–H and O–H groups in total. The van der Waals surface area contributed by atoms with Crippen LogP contribution >= 0.6 is 0 Å². The van der Waals surface area contributed by atoms with Gasteiger partial charge in [0.05, 0.1) is 12.6 Å². The van der Waals surface area contributed by atoms with Crippen LogP contribution < -0.4 is 0 Å². The van der Waals surface area contributed by atoms with Crippen molar-refractivity contribution in [1.82, 2.24) is 9.80 Å². The van der Waals surface area contributed by atoms with Gasteiger partial charge in [-0.15, -0.1) is 0 Å². The second kappa shape index (κ2) is 8.19. The minimum atomic E-state index is -0.814. The van der Waals surface area contributed by atoms with Crippen molar-refractivity contribution < 1.29 is 24.6 Å². The lowest BCUT2D eigenvalue weighted by Crippen LogP contribution is -2.48. The number of carbonyl (C=O) groups excluding carboxylic acids is 2. The SMILES string of the molecule is C[C@H](C(=O)N1CC2[C@@H](C1C(=O)O)C21CC1)C(C)(C)C.C[C@H](C(=O)N1CC2[C@@H]([C@H]1CO)C21CC1)C(C)(C)C. The third-order valence-electron chi connectivity index (χ3n) is 11.7. The molecule has 6 aliphatic rings. The zero-order valence-corrected chi connectivity index (χ0v) is 24.1. The Morgan fingerprint density at radius 2 is 1.19 bits per heavy atom. The molecule has 208 valence electrons. The van der Waals surface area contributed by atoms with E-state index < -0.39 is 12.0 Å². The molecule has 2 heterocycles. The number of carboxylic acid groups (broad SMARTS) is 1. The van der Waals surface area contributed by atoms with E-state index >= 15 is 0 Å². The number of fused-ring (bicyclic) bond motifs is 6. The molecular formula is C30H48N2O5. The second-order valence-corrected chi connectivity index (χ2v) is 15.4. The summed E-state index contributed by atoms with van der Waals surface area (Å²) in [5.41, 5.74) is 0.769. The van der Waals surface area contributed by atoms with Gasteiger partial charge in [0, 0.05) is 30.8 Å². The first-order valence-electron chi connectivity index (χ1n) is 14.5. The van der Waals surface area contributed by atoms with Gasteiger partial charge in [-0.05, 0) is 65.1 Å². The van der Waals surface area contributed by atoms with Gasteiger partial charge in [-0.2, -0.15) is 0 Å². The van der Waals surface area contributed by atoms with Gasteiger partial charge in [-0.1, -0.05) is 55.4 Å². The van der Waals surface area contributed by atoms with Crippen LogP contribution in [-0.4, -0.2) is 69.6 Å². The van der Waals surface area contributed by atoms with Crippen molar-refractivity contribution in [3.63, 3.8) is 0 Å². The Hall–Kier alpha value is -1.63. The summed E-state index contributed by atoms with van der Waals surface area (Å²) in [6.07, 6.45) is 5.00. The van der Waals surface area contributed by atoms with Crippen molar-refractivity contribution in [2.45, 2.75) is 93.2 Å². The normalized spacial score (nSPS) is 36.8.